The van der Waals surface area contributed by atoms with Crippen LogP contribution in [0.3, 0.4) is 0 Å². The number of benzene rings is 3. The number of carbonyl (C=O) groups excluding carboxylic acids is 2. The molecule has 4 aromatic rings. The van der Waals surface area contributed by atoms with Crippen molar-refractivity contribution >= 4 is 17.6 Å². The zero-order chi connectivity index (χ0) is 23.2. The van der Waals surface area contributed by atoms with E-state index in [2.05, 4.69) is 15.7 Å². The van der Waals surface area contributed by atoms with Gasteiger partial charge >= 0.3 is 0 Å². The van der Waals surface area contributed by atoms with E-state index in [9.17, 15) is 14.0 Å². The molecule has 1 aromatic heterocycles. The third-order valence-electron chi connectivity index (χ3n) is 5.10. The van der Waals surface area contributed by atoms with Crippen molar-refractivity contribution in [3.63, 3.8) is 0 Å². The standard InChI is InChI=1S/C26H23FN4O2/c1-18-16-24(31(30-18)22-14-12-21(27)13-15-22)29-25(32)17-23(19-8-4-2-5-9-19)28-26(33)20-10-6-3-7-11-20/h2-16,23H,17H2,1H3,(H,28,33)(H,29,32). The highest BCUT2D eigenvalue weighted by Crippen LogP contribution is 2.21. The van der Waals surface area contributed by atoms with Gasteiger partial charge in [0, 0.05) is 11.6 Å². The van der Waals surface area contributed by atoms with Crippen LogP contribution in [-0.2, 0) is 4.79 Å². The zero-order valence-electron chi connectivity index (χ0n) is 18.0. The van der Waals surface area contributed by atoms with Gasteiger partial charge in [-0.05, 0) is 48.9 Å². The van der Waals surface area contributed by atoms with Crippen molar-refractivity contribution in [3.8, 4) is 5.69 Å². The minimum Gasteiger partial charge on any atom is -0.345 e. The summed E-state index contributed by atoms with van der Waals surface area (Å²) < 4.78 is 14.9. The number of hydrogen-bond acceptors (Lipinski definition) is 3. The molecule has 33 heavy (non-hydrogen) atoms. The number of aromatic nitrogens is 2. The first-order chi connectivity index (χ1) is 16.0. The van der Waals surface area contributed by atoms with E-state index in [1.54, 1.807) is 47.1 Å². The highest BCUT2D eigenvalue weighted by molar-refractivity contribution is 5.95. The molecule has 0 aliphatic carbocycles. The van der Waals surface area contributed by atoms with Crippen molar-refractivity contribution in [1.29, 1.82) is 0 Å². The van der Waals surface area contributed by atoms with Crippen LogP contribution in [0.5, 0.6) is 0 Å². The van der Waals surface area contributed by atoms with E-state index in [1.165, 1.54) is 12.1 Å². The molecule has 1 unspecified atom stereocenters. The molecule has 1 atom stereocenters. The summed E-state index contributed by atoms with van der Waals surface area (Å²) >= 11 is 0. The molecule has 166 valence electrons. The molecule has 2 amide bonds. The van der Waals surface area contributed by atoms with Gasteiger partial charge in [-0.3, -0.25) is 9.59 Å². The maximum atomic E-state index is 13.3. The number of carbonyl (C=O) groups is 2. The number of nitrogens with zero attached hydrogens (tertiary/aromatic N) is 2. The Labute approximate surface area is 191 Å². The van der Waals surface area contributed by atoms with Crippen LogP contribution >= 0.6 is 0 Å². The summed E-state index contributed by atoms with van der Waals surface area (Å²) in [6.45, 7) is 1.81. The van der Waals surface area contributed by atoms with Gasteiger partial charge in [0.1, 0.15) is 11.6 Å². The van der Waals surface area contributed by atoms with E-state index in [4.69, 9.17) is 0 Å². The largest absolute Gasteiger partial charge is 0.345 e. The molecule has 1 heterocycles. The number of rotatable bonds is 7. The van der Waals surface area contributed by atoms with E-state index in [0.717, 1.165) is 5.56 Å². The molecule has 0 bridgehead atoms. The molecular weight excluding hydrogens is 419 g/mol. The molecule has 0 fully saturated rings. The summed E-state index contributed by atoms with van der Waals surface area (Å²) in [6, 6.07) is 25.3. The average molecular weight is 442 g/mol. The van der Waals surface area contributed by atoms with Crippen molar-refractivity contribution in [2.45, 2.75) is 19.4 Å². The maximum absolute atomic E-state index is 13.3. The highest BCUT2D eigenvalue weighted by atomic mass is 19.1. The number of hydrogen-bond donors (Lipinski definition) is 2. The molecule has 4 rings (SSSR count). The second-order valence-corrected chi connectivity index (χ2v) is 7.61. The number of aryl methyl sites for hydroxylation is 1. The van der Waals surface area contributed by atoms with Crippen molar-refractivity contribution < 1.29 is 14.0 Å². The van der Waals surface area contributed by atoms with E-state index in [1.807, 2.05) is 43.3 Å². The smallest absolute Gasteiger partial charge is 0.251 e. The van der Waals surface area contributed by atoms with Crippen LogP contribution in [0.1, 0.15) is 34.1 Å². The normalized spacial score (nSPS) is 11.6. The molecule has 0 aliphatic rings. The van der Waals surface area contributed by atoms with Gasteiger partial charge in [0.2, 0.25) is 5.91 Å². The van der Waals surface area contributed by atoms with Gasteiger partial charge in [0.15, 0.2) is 0 Å². The summed E-state index contributed by atoms with van der Waals surface area (Å²) in [5.74, 6) is -0.441. The molecule has 7 heteroatoms. The molecule has 6 nitrogen and oxygen atoms in total. The molecule has 0 radical (unpaired) electrons. The summed E-state index contributed by atoms with van der Waals surface area (Å²) in [5.41, 5.74) is 2.66. The van der Waals surface area contributed by atoms with Gasteiger partial charge in [0.05, 0.1) is 23.8 Å². The number of anilines is 1. The lowest BCUT2D eigenvalue weighted by Gasteiger charge is -2.19. The number of halogens is 1. The summed E-state index contributed by atoms with van der Waals surface area (Å²) in [5, 5.41) is 10.2. The molecule has 0 saturated carbocycles. The topological polar surface area (TPSA) is 76.0 Å². The lowest BCUT2D eigenvalue weighted by atomic mass is 10.0. The van der Waals surface area contributed by atoms with Crippen LogP contribution in [0.25, 0.3) is 5.69 Å². The molecule has 0 aliphatic heterocycles. The number of amides is 2. The average Bonchev–Trinajstić information content (AvgIpc) is 3.19. The summed E-state index contributed by atoms with van der Waals surface area (Å²) in [6.07, 6.45) is 0.0240. The monoisotopic (exact) mass is 442 g/mol. The molecule has 2 N–H and O–H groups in total. The minimum atomic E-state index is -0.526. The first-order valence-electron chi connectivity index (χ1n) is 10.5. The summed E-state index contributed by atoms with van der Waals surface area (Å²) in [4.78, 5) is 25.7. The molecular formula is C26H23FN4O2. The first kappa shape index (κ1) is 22.0. The van der Waals surface area contributed by atoms with E-state index >= 15 is 0 Å². The maximum Gasteiger partial charge on any atom is 0.251 e. The Balaban J connectivity index is 1.53. The Hall–Kier alpha value is -4.26. The lowest BCUT2D eigenvalue weighted by Crippen LogP contribution is -2.31. The van der Waals surface area contributed by atoms with E-state index in [0.29, 0.717) is 22.8 Å². The van der Waals surface area contributed by atoms with Gasteiger partial charge in [0.25, 0.3) is 5.91 Å². The van der Waals surface area contributed by atoms with Crippen molar-refractivity contribution in [2.75, 3.05) is 5.32 Å². The second kappa shape index (κ2) is 9.91. The number of nitrogens with one attached hydrogen (secondary N) is 2. The predicted molar refractivity (Wildman–Crippen MR) is 125 cm³/mol. The Kier molecular flexibility index (Phi) is 6.59. The fourth-order valence-electron chi connectivity index (χ4n) is 3.52. The van der Waals surface area contributed by atoms with Crippen LogP contribution in [0.4, 0.5) is 10.2 Å². The second-order valence-electron chi connectivity index (χ2n) is 7.61. The molecule has 0 spiro atoms. The highest BCUT2D eigenvalue weighted by Gasteiger charge is 2.20. The third kappa shape index (κ3) is 5.51. The molecule has 0 saturated heterocycles. The SMILES string of the molecule is Cc1cc(NC(=O)CC(NC(=O)c2ccccc2)c2ccccc2)n(-c2ccc(F)cc2)n1. The Bertz CT molecular complexity index is 1240. The zero-order valence-corrected chi connectivity index (χ0v) is 18.0. The van der Waals surface area contributed by atoms with Crippen molar-refractivity contribution in [1.82, 2.24) is 15.1 Å². The third-order valence-corrected chi connectivity index (χ3v) is 5.10. The Morgan fingerprint density at radius 2 is 1.58 bits per heavy atom. The van der Waals surface area contributed by atoms with Gasteiger partial charge in [-0.15, -0.1) is 0 Å². The van der Waals surface area contributed by atoms with Gasteiger partial charge in [-0.2, -0.15) is 5.10 Å². The van der Waals surface area contributed by atoms with Crippen molar-refractivity contribution in [2.24, 2.45) is 0 Å². The fourth-order valence-corrected chi connectivity index (χ4v) is 3.52. The Morgan fingerprint density at radius 1 is 0.939 bits per heavy atom. The quantitative estimate of drug-likeness (QED) is 0.431. The van der Waals surface area contributed by atoms with Gasteiger partial charge in [-0.25, -0.2) is 9.07 Å². The lowest BCUT2D eigenvalue weighted by molar-refractivity contribution is -0.116. The van der Waals surface area contributed by atoms with E-state index < -0.39 is 6.04 Å². The van der Waals surface area contributed by atoms with Gasteiger partial charge < -0.3 is 10.6 Å². The van der Waals surface area contributed by atoms with Crippen LogP contribution in [0.15, 0.2) is 91.0 Å². The van der Waals surface area contributed by atoms with E-state index in [-0.39, 0.29) is 24.1 Å². The van der Waals surface area contributed by atoms with Crippen molar-refractivity contribution in [3.05, 3.63) is 114 Å². The predicted octanol–water partition coefficient (Wildman–Crippen LogP) is 4.82. The van der Waals surface area contributed by atoms with Crippen LogP contribution in [0.2, 0.25) is 0 Å². The van der Waals surface area contributed by atoms with Crippen LogP contribution in [-0.4, -0.2) is 21.6 Å². The van der Waals surface area contributed by atoms with Crippen LogP contribution in [0, 0.1) is 12.7 Å². The Morgan fingerprint density at radius 3 is 2.24 bits per heavy atom. The summed E-state index contributed by atoms with van der Waals surface area (Å²) in [7, 11) is 0. The molecule has 3 aromatic carbocycles. The minimum absolute atomic E-state index is 0.0240. The fraction of sp³-hybridized carbons (Fsp3) is 0.115. The first-order valence-corrected chi connectivity index (χ1v) is 10.5. The van der Waals surface area contributed by atoms with Gasteiger partial charge in [-0.1, -0.05) is 48.5 Å². The van der Waals surface area contributed by atoms with Crippen LogP contribution < -0.4 is 10.6 Å².